The van der Waals surface area contributed by atoms with Gasteiger partial charge in [0.2, 0.25) is 11.8 Å². The first-order chi connectivity index (χ1) is 14.0. The van der Waals surface area contributed by atoms with Crippen molar-refractivity contribution >= 4 is 23.2 Å². The highest BCUT2D eigenvalue weighted by molar-refractivity contribution is 5.97. The minimum atomic E-state index is -0.592. The van der Waals surface area contributed by atoms with Crippen molar-refractivity contribution < 1.29 is 14.3 Å². The number of rotatable bonds is 7. The maximum absolute atomic E-state index is 12.4. The second-order valence-corrected chi connectivity index (χ2v) is 7.49. The van der Waals surface area contributed by atoms with E-state index in [1.807, 2.05) is 49.5 Å². The first-order valence-corrected chi connectivity index (χ1v) is 10.1. The molecule has 0 aromatic heterocycles. The van der Waals surface area contributed by atoms with Crippen molar-refractivity contribution in [2.75, 3.05) is 30.5 Å². The third-order valence-corrected chi connectivity index (χ3v) is 5.18. The number of carbonyl (C=O) groups excluding carboxylic acids is 2. The first-order valence-electron chi connectivity index (χ1n) is 10.1. The fraction of sp³-hybridized carbons (Fsp3) is 0.391. The predicted octanol–water partition coefficient (Wildman–Crippen LogP) is 3.19. The zero-order valence-corrected chi connectivity index (χ0v) is 17.1. The van der Waals surface area contributed by atoms with Gasteiger partial charge in [0.25, 0.3) is 0 Å². The largest absolute Gasteiger partial charge is 0.381 e. The van der Waals surface area contributed by atoms with Crippen LogP contribution in [0.5, 0.6) is 0 Å². The number of anilines is 2. The van der Waals surface area contributed by atoms with E-state index in [9.17, 15) is 9.59 Å². The van der Waals surface area contributed by atoms with E-state index < -0.39 is 6.04 Å². The first kappa shape index (κ1) is 20.9. The summed E-state index contributed by atoms with van der Waals surface area (Å²) in [5.74, 6) is -0.372. The number of ether oxygens (including phenoxy) is 1. The van der Waals surface area contributed by atoms with Gasteiger partial charge in [0.15, 0.2) is 0 Å². The lowest BCUT2D eigenvalue weighted by Gasteiger charge is -2.23. The quantitative estimate of drug-likeness (QED) is 0.755. The Hall–Kier alpha value is -2.86. The van der Waals surface area contributed by atoms with Crippen LogP contribution in [0.25, 0.3) is 0 Å². The van der Waals surface area contributed by atoms with Gasteiger partial charge in [0.1, 0.15) is 6.04 Å². The maximum atomic E-state index is 12.4. The Morgan fingerprint density at radius 2 is 1.72 bits per heavy atom. The van der Waals surface area contributed by atoms with Crippen molar-refractivity contribution in [1.29, 1.82) is 0 Å². The summed E-state index contributed by atoms with van der Waals surface area (Å²) in [6.07, 6.45) is 1.41. The Balaban J connectivity index is 1.50. The summed E-state index contributed by atoms with van der Waals surface area (Å²) in [7, 11) is 2.04. The van der Waals surface area contributed by atoms with Crippen molar-refractivity contribution in [3.8, 4) is 0 Å². The predicted molar refractivity (Wildman–Crippen MR) is 115 cm³/mol. The highest BCUT2D eigenvalue weighted by atomic mass is 16.5. The van der Waals surface area contributed by atoms with Crippen LogP contribution in [0, 0.1) is 5.92 Å². The monoisotopic (exact) mass is 395 g/mol. The van der Waals surface area contributed by atoms with Crippen LogP contribution in [0.15, 0.2) is 54.6 Å². The number of benzene rings is 2. The van der Waals surface area contributed by atoms with Gasteiger partial charge in [-0.05, 0) is 49.6 Å². The number of hydrogen-bond acceptors (Lipinski definition) is 4. The molecule has 154 valence electrons. The molecule has 1 heterocycles. The zero-order valence-electron chi connectivity index (χ0n) is 17.1. The molecule has 0 aliphatic carbocycles. The molecule has 0 saturated carbocycles. The van der Waals surface area contributed by atoms with Crippen LogP contribution in [0.4, 0.5) is 11.4 Å². The van der Waals surface area contributed by atoms with Crippen LogP contribution in [-0.4, -0.2) is 38.1 Å². The topological polar surface area (TPSA) is 70.7 Å². The van der Waals surface area contributed by atoms with Gasteiger partial charge in [-0.15, -0.1) is 0 Å². The SMILES string of the molecule is C[C@H](NC(=O)C1CCOCC1)C(=O)Nc1ccc(N(C)Cc2ccccc2)cc1. The fourth-order valence-corrected chi connectivity index (χ4v) is 3.35. The van der Waals surface area contributed by atoms with Gasteiger partial charge in [-0.1, -0.05) is 30.3 Å². The normalized spacial score (nSPS) is 15.4. The fourth-order valence-electron chi connectivity index (χ4n) is 3.35. The van der Waals surface area contributed by atoms with Crippen LogP contribution in [0.3, 0.4) is 0 Å². The Bertz CT molecular complexity index is 802. The van der Waals surface area contributed by atoms with Gasteiger partial charge in [-0.2, -0.15) is 0 Å². The molecular weight excluding hydrogens is 366 g/mol. The van der Waals surface area contributed by atoms with Crippen molar-refractivity contribution in [2.45, 2.75) is 32.4 Å². The Morgan fingerprint density at radius 3 is 2.38 bits per heavy atom. The van der Waals surface area contributed by atoms with Gasteiger partial charge < -0.3 is 20.3 Å². The summed E-state index contributed by atoms with van der Waals surface area (Å²) in [5.41, 5.74) is 3.01. The van der Waals surface area contributed by atoms with E-state index in [-0.39, 0.29) is 17.7 Å². The third kappa shape index (κ3) is 6.06. The van der Waals surface area contributed by atoms with Crippen LogP contribution < -0.4 is 15.5 Å². The van der Waals surface area contributed by atoms with E-state index in [4.69, 9.17) is 4.74 Å². The van der Waals surface area contributed by atoms with Crippen LogP contribution in [0.1, 0.15) is 25.3 Å². The summed E-state index contributed by atoms with van der Waals surface area (Å²) in [5, 5.41) is 5.68. The van der Waals surface area contributed by atoms with E-state index in [1.54, 1.807) is 6.92 Å². The summed E-state index contributed by atoms with van der Waals surface area (Å²) < 4.78 is 5.28. The highest BCUT2D eigenvalue weighted by Crippen LogP contribution is 2.19. The summed E-state index contributed by atoms with van der Waals surface area (Å²) >= 11 is 0. The second-order valence-electron chi connectivity index (χ2n) is 7.49. The molecule has 3 rings (SSSR count). The highest BCUT2D eigenvalue weighted by Gasteiger charge is 2.24. The molecular formula is C23H29N3O3. The molecule has 0 radical (unpaired) electrons. The number of amides is 2. The summed E-state index contributed by atoms with van der Waals surface area (Å²) in [4.78, 5) is 26.9. The molecule has 1 fully saturated rings. The van der Waals surface area contributed by atoms with Gasteiger partial charge in [0.05, 0.1) is 0 Å². The Labute approximate surface area is 172 Å². The lowest BCUT2D eigenvalue weighted by atomic mass is 9.99. The van der Waals surface area contributed by atoms with Crippen molar-refractivity contribution in [3.63, 3.8) is 0 Å². The number of nitrogens with one attached hydrogen (secondary N) is 2. The maximum Gasteiger partial charge on any atom is 0.246 e. The molecule has 2 N–H and O–H groups in total. The van der Waals surface area contributed by atoms with Crippen LogP contribution in [-0.2, 0) is 20.9 Å². The molecule has 1 aliphatic rings. The van der Waals surface area contributed by atoms with E-state index >= 15 is 0 Å². The molecule has 2 aromatic rings. The number of nitrogens with zero attached hydrogens (tertiary/aromatic N) is 1. The molecule has 1 saturated heterocycles. The Kier molecular flexibility index (Phi) is 7.25. The van der Waals surface area contributed by atoms with Crippen LogP contribution in [0.2, 0.25) is 0 Å². The zero-order chi connectivity index (χ0) is 20.6. The van der Waals surface area contributed by atoms with Gasteiger partial charge in [-0.3, -0.25) is 9.59 Å². The van der Waals surface area contributed by atoms with Crippen LogP contribution >= 0.6 is 0 Å². The molecule has 1 aliphatic heterocycles. The standard InChI is InChI=1S/C23H29N3O3/c1-17(24-23(28)19-12-14-29-15-13-19)22(27)25-20-8-10-21(11-9-20)26(2)16-18-6-4-3-5-7-18/h3-11,17,19H,12-16H2,1-2H3,(H,24,28)(H,25,27)/t17-/m0/s1. The Morgan fingerprint density at radius 1 is 1.07 bits per heavy atom. The average Bonchev–Trinajstić information content (AvgIpc) is 2.75. The molecule has 0 unspecified atom stereocenters. The van der Waals surface area contributed by atoms with E-state index in [0.717, 1.165) is 12.2 Å². The lowest BCUT2D eigenvalue weighted by Crippen LogP contribution is -2.45. The molecule has 2 amide bonds. The second kappa shape index (κ2) is 10.1. The summed E-state index contributed by atoms with van der Waals surface area (Å²) in [6, 6.07) is 17.4. The van der Waals surface area contributed by atoms with E-state index in [0.29, 0.717) is 31.7 Å². The van der Waals surface area contributed by atoms with Crippen molar-refractivity contribution in [3.05, 3.63) is 60.2 Å². The summed E-state index contributed by atoms with van der Waals surface area (Å²) in [6.45, 7) is 3.71. The van der Waals surface area contributed by atoms with Crippen molar-refractivity contribution in [1.82, 2.24) is 5.32 Å². The van der Waals surface area contributed by atoms with E-state index in [2.05, 4.69) is 27.7 Å². The number of carbonyl (C=O) groups is 2. The molecule has 0 spiro atoms. The van der Waals surface area contributed by atoms with E-state index in [1.165, 1.54) is 5.56 Å². The average molecular weight is 396 g/mol. The smallest absolute Gasteiger partial charge is 0.246 e. The molecule has 6 heteroatoms. The van der Waals surface area contributed by atoms with Gasteiger partial charge >= 0.3 is 0 Å². The minimum absolute atomic E-state index is 0.0709. The van der Waals surface area contributed by atoms with Gasteiger partial charge in [0, 0.05) is 44.1 Å². The molecule has 2 aromatic carbocycles. The molecule has 1 atom stereocenters. The van der Waals surface area contributed by atoms with Crippen molar-refractivity contribution in [2.24, 2.45) is 5.92 Å². The molecule has 0 bridgehead atoms. The third-order valence-electron chi connectivity index (χ3n) is 5.18. The lowest BCUT2D eigenvalue weighted by molar-refractivity contribution is -0.131. The molecule has 6 nitrogen and oxygen atoms in total. The minimum Gasteiger partial charge on any atom is -0.381 e. The number of hydrogen-bond donors (Lipinski definition) is 2. The molecule has 29 heavy (non-hydrogen) atoms. The van der Waals surface area contributed by atoms with Gasteiger partial charge in [-0.25, -0.2) is 0 Å².